The number of fused-ring (bicyclic) bond motifs is 1. The van der Waals surface area contributed by atoms with E-state index in [4.69, 9.17) is 5.73 Å². The number of hydrogen-bond donors (Lipinski definition) is 2. The Hall–Kier alpha value is -1.88. The summed E-state index contributed by atoms with van der Waals surface area (Å²) in [7, 11) is 0. The van der Waals surface area contributed by atoms with E-state index in [-0.39, 0.29) is 12.1 Å². The van der Waals surface area contributed by atoms with Crippen LogP contribution in [0.4, 0.5) is 0 Å². The second-order valence-electron chi connectivity index (χ2n) is 6.43. The maximum atomic E-state index is 6.35. The fraction of sp³-hybridized carbons (Fsp3) is 0.286. The zero-order valence-corrected chi connectivity index (χ0v) is 15.4. The Balaban J connectivity index is 1.45. The SMILES string of the molecule is C[C@@H](NSc1ccc2cnccc2c1)[C@@H](N)CCCc1ccccc1. The molecule has 0 spiro atoms. The molecule has 1 aromatic heterocycles. The van der Waals surface area contributed by atoms with Crippen LogP contribution < -0.4 is 10.5 Å². The smallest absolute Gasteiger partial charge is 0.0346 e. The van der Waals surface area contributed by atoms with Gasteiger partial charge in [0, 0.05) is 34.8 Å². The molecule has 3 N–H and O–H groups in total. The van der Waals surface area contributed by atoms with Gasteiger partial charge in [0.15, 0.2) is 0 Å². The fourth-order valence-corrected chi connectivity index (χ4v) is 3.63. The Kier molecular flexibility index (Phi) is 6.45. The van der Waals surface area contributed by atoms with Crippen LogP contribution in [0.1, 0.15) is 25.3 Å². The zero-order chi connectivity index (χ0) is 17.5. The molecule has 2 aromatic carbocycles. The van der Waals surface area contributed by atoms with E-state index in [9.17, 15) is 0 Å². The molecule has 0 amide bonds. The van der Waals surface area contributed by atoms with E-state index in [1.165, 1.54) is 15.8 Å². The van der Waals surface area contributed by atoms with Crippen molar-refractivity contribution in [2.24, 2.45) is 5.73 Å². The number of aryl methyl sites for hydroxylation is 1. The summed E-state index contributed by atoms with van der Waals surface area (Å²) in [6.07, 6.45) is 6.95. The molecule has 3 nitrogen and oxygen atoms in total. The van der Waals surface area contributed by atoms with Crippen LogP contribution in [0.25, 0.3) is 10.8 Å². The van der Waals surface area contributed by atoms with Gasteiger partial charge in [0.1, 0.15) is 0 Å². The number of nitrogens with zero attached hydrogens (tertiary/aromatic N) is 1. The number of aromatic nitrogens is 1. The summed E-state index contributed by atoms with van der Waals surface area (Å²) in [4.78, 5) is 5.35. The van der Waals surface area contributed by atoms with Crippen molar-refractivity contribution in [2.45, 2.75) is 43.2 Å². The third-order valence-corrected chi connectivity index (χ3v) is 5.44. The van der Waals surface area contributed by atoms with Gasteiger partial charge in [-0.1, -0.05) is 36.4 Å². The van der Waals surface area contributed by atoms with Crippen molar-refractivity contribution in [3.63, 3.8) is 0 Å². The summed E-state index contributed by atoms with van der Waals surface area (Å²) >= 11 is 1.65. The Morgan fingerprint density at radius 3 is 2.76 bits per heavy atom. The molecule has 0 saturated heterocycles. The molecule has 0 aliphatic rings. The molecule has 25 heavy (non-hydrogen) atoms. The Morgan fingerprint density at radius 1 is 1.08 bits per heavy atom. The first-order valence-corrected chi connectivity index (χ1v) is 9.60. The average molecular weight is 352 g/mol. The molecule has 0 fully saturated rings. The number of hydrogen-bond acceptors (Lipinski definition) is 4. The standard InChI is InChI=1S/C21H25N3S/c1-16(21(22)9-5-8-17-6-3-2-4-7-17)24-25-20-11-10-19-15-23-13-12-18(19)14-20/h2-4,6-7,10-16,21,24H,5,8-9,22H2,1H3/t16-,21+/m1/s1. The van der Waals surface area contributed by atoms with Gasteiger partial charge in [-0.15, -0.1) is 0 Å². The first kappa shape index (κ1) is 17.9. The first-order chi connectivity index (χ1) is 12.2. The van der Waals surface area contributed by atoms with E-state index in [0.717, 1.165) is 24.6 Å². The summed E-state index contributed by atoms with van der Waals surface area (Å²) in [6.45, 7) is 2.16. The molecule has 0 unspecified atom stereocenters. The topological polar surface area (TPSA) is 50.9 Å². The molecule has 2 atom stereocenters. The minimum Gasteiger partial charge on any atom is -0.326 e. The molecule has 0 saturated carbocycles. The lowest BCUT2D eigenvalue weighted by Crippen LogP contribution is -2.40. The van der Waals surface area contributed by atoms with Gasteiger partial charge in [-0.05, 0) is 67.3 Å². The van der Waals surface area contributed by atoms with Gasteiger partial charge in [-0.25, -0.2) is 0 Å². The van der Waals surface area contributed by atoms with Gasteiger partial charge in [0.2, 0.25) is 0 Å². The predicted octanol–water partition coefficient (Wildman–Crippen LogP) is 4.57. The number of nitrogens with two attached hydrogens (primary N) is 1. The lowest BCUT2D eigenvalue weighted by atomic mass is 10.0. The minimum atomic E-state index is 0.154. The summed E-state index contributed by atoms with van der Waals surface area (Å²) in [5, 5.41) is 2.37. The summed E-state index contributed by atoms with van der Waals surface area (Å²) < 4.78 is 3.49. The number of benzene rings is 2. The van der Waals surface area contributed by atoms with E-state index in [1.807, 2.05) is 18.5 Å². The predicted molar refractivity (Wildman–Crippen MR) is 108 cm³/mol. The van der Waals surface area contributed by atoms with Crippen molar-refractivity contribution in [2.75, 3.05) is 0 Å². The molecule has 0 bridgehead atoms. The number of rotatable bonds is 8. The van der Waals surface area contributed by atoms with Gasteiger partial charge in [-0.2, -0.15) is 0 Å². The molecule has 0 aliphatic carbocycles. The maximum Gasteiger partial charge on any atom is 0.0346 e. The molecule has 4 heteroatoms. The lowest BCUT2D eigenvalue weighted by molar-refractivity contribution is 0.487. The molecular formula is C21H25N3S. The van der Waals surface area contributed by atoms with E-state index >= 15 is 0 Å². The van der Waals surface area contributed by atoms with Gasteiger partial charge in [0.25, 0.3) is 0 Å². The van der Waals surface area contributed by atoms with Crippen LogP contribution >= 0.6 is 11.9 Å². The summed E-state index contributed by atoms with van der Waals surface area (Å²) in [5.41, 5.74) is 7.74. The van der Waals surface area contributed by atoms with Gasteiger partial charge in [-0.3, -0.25) is 9.71 Å². The van der Waals surface area contributed by atoms with Crippen LogP contribution in [-0.2, 0) is 6.42 Å². The van der Waals surface area contributed by atoms with Crippen LogP contribution in [0.15, 0.2) is 71.9 Å². The highest BCUT2D eigenvalue weighted by atomic mass is 32.2. The average Bonchev–Trinajstić information content (AvgIpc) is 2.66. The van der Waals surface area contributed by atoms with Gasteiger partial charge in [0.05, 0.1) is 0 Å². The van der Waals surface area contributed by atoms with E-state index in [2.05, 4.69) is 65.2 Å². The van der Waals surface area contributed by atoms with Crippen molar-refractivity contribution in [1.82, 2.24) is 9.71 Å². The highest BCUT2D eigenvalue weighted by molar-refractivity contribution is 7.97. The van der Waals surface area contributed by atoms with Gasteiger partial charge >= 0.3 is 0 Å². The Bertz CT molecular complexity index is 791. The number of pyridine rings is 1. The Labute approximate surface area is 154 Å². The normalized spacial score (nSPS) is 13.7. The molecule has 3 aromatic rings. The van der Waals surface area contributed by atoms with E-state index in [0.29, 0.717) is 0 Å². The van der Waals surface area contributed by atoms with Crippen molar-refractivity contribution < 1.29 is 0 Å². The quantitative estimate of drug-likeness (QED) is 0.584. The highest BCUT2D eigenvalue weighted by Crippen LogP contribution is 2.22. The van der Waals surface area contributed by atoms with E-state index < -0.39 is 0 Å². The third-order valence-electron chi connectivity index (χ3n) is 4.46. The van der Waals surface area contributed by atoms with Crippen molar-refractivity contribution >= 4 is 22.7 Å². The Morgan fingerprint density at radius 2 is 1.92 bits per heavy atom. The number of nitrogens with one attached hydrogen (secondary N) is 1. The largest absolute Gasteiger partial charge is 0.326 e. The zero-order valence-electron chi connectivity index (χ0n) is 14.6. The fourth-order valence-electron chi connectivity index (χ4n) is 2.81. The maximum absolute atomic E-state index is 6.35. The minimum absolute atomic E-state index is 0.154. The van der Waals surface area contributed by atoms with Crippen LogP contribution in [0, 0.1) is 0 Å². The van der Waals surface area contributed by atoms with Gasteiger partial charge < -0.3 is 5.73 Å². The van der Waals surface area contributed by atoms with Crippen LogP contribution in [0.2, 0.25) is 0 Å². The highest BCUT2D eigenvalue weighted by Gasteiger charge is 2.12. The van der Waals surface area contributed by atoms with Crippen LogP contribution in [-0.4, -0.2) is 17.1 Å². The molecular weight excluding hydrogens is 326 g/mol. The lowest BCUT2D eigenvalue weighted by Gasteiger charge is -2.20. The van der Waals surface area contributed by atoms with Crippen molar-refractivity contribution in [3.8, 4) is 0 Å². The first-order valence-electron chi connectivity index (χ1n) is 8.78. The molecule has 130 valence electrons. The molecule has 0 aliphatic heterocycles. The van der Waals surface area contributed by atoms with E-state index in [1.54, 1.807) is 11.9 Å². The second kappa shape index (κ2) is 8.99. The molecule has 0 radical (unpaired) electrons. The van der Waals surface area contributed by atoms with Crippen molar-refractivity contribution in [1.29, 1.82) is 0 Å². The summed E-state index contributed by atoms with van der Waals surface area (Å²) in [5.74, 6) is 0. The second-order valence-corrected chi connectivity index (χ2v) is 7.35. The molecule has 3 rings (SSSR count). The third kappa shape index (κ3) is 5.30. The van der Waals surface area contributed by atoms with Crippen LogP contribution in [0.5, 0.6) is 0 Å². The van der Waals surface area contributed by atoms with Crippen LogP contribution in [0.3, 0.4) is 0 Å². The molecule has 1 heterocycles. The summed E-state index contributed by atoms with van der Waals surface area (Å²) in [6, 6.07) is 19.5. The van der Waals surface area contributed by atoms with Crippen molar-refractivity contribution in [3.05, 3.63) is 72.6 Å². The monoisotopic (exact) mass is 351 g/mol.